The maximum absolute atomic E-state index is 11.6. The van der Waals surface area contributed by atoms with Crippen LogP contribution in [-0.2, 0) is 12.1 Å². The summed E-state index contributed by atoms with van der Waals surface area (Å²) in [7, 11) is 0. The Morgan fingerprint density at radius 2 is 1.83 bits per heavy atom. The average Bonchev–Trinajstić information content (AvgIpc) is 3.31. The number of hydrogen-bond acceptors (Lipinski definition) is 4. The summed E-state index contributed by atoms with van der Waals surface area (Å²) in [6, 6.07) is 14.3. The second-order valence-corrected chi connectivity index (χ2v) is 7.11. The molecule has 4 nitrogen and oxygen atoms in total. The fourth-order valence-electron chi connectivity index (χ4n) is 4.28. The third-order valence-corrected chi connectivity index (χ3v) is 5.61. The summed E-state index contributed by atoms with van der Waals surface area (Å²) in [6.45, 7) is 4.77. The summed E-state index contributed by atoms with van der Waals surface area (Å²) < 4.78 is 5.52. The maximum atomic E-state index is 11.6. The van der Waals surface area contributed by atoms with Crippen LogP contribution < -0.4 is 0 Å². The van der Waals surface area contributed by atoms with Gasteiger partial charge < -0.3 is 9.52 Å². The van der Waals surface area contributed by atoms with Gasteiger partial charge in [-0.25, -0.2) is 0 Å². The molecular weight excluding hydrogens is 300 g/mol. The Morgan fingerprint density at radius 3 is 2.54 bits per heavy atom. The fourth-order valence-corrected chi connectivity index (χ4v) is 4.28. The first-order valence-electron chi connectivity index (χ1n) is 9.02. The van der Waals surface area contributed by atoms with Gasteiger partial charge in [-0.2, -0.15) is 0 Å². The van der Waals surface area contributed by atoms with Gasteiger partial charge >= 0.3 is 0 Å². The molecule has 3 heterocycles. The number of benzene rings is 1. The average molecular weight is 326 g/mol. The van der Waals surface area contributed by atoms with Crippen molar-refractivity contribution in [3.05, 3.63) is 60.1 Å². The first kappa shape index (κ1) is 15.9. The Kier molecular flexibility index (Phi) is 4.44. The molecule has 1 aromatic heterocycles. The highest BCUT2D eigenvalue weighted by Gasteiger charge is 2.46. The van der Waals surface area contributed by atoms with Crippen molar-refractivity contribution < 1.29 is 9.52 Å². The summed E-state index contributed by atoms with van der Waals surface area (Å²) >= 11 is 0. The quantitative estimate of drug-likeness (QED) is 0.938. The number of piperidine rings is 1. The number of aliphatic hydroxyl groups is 1. The Bertz CT molecular complexity index is 637. The highest BCUT2D eigenvalue weighted by molar-refractivity contribution is 5.26. The molecule has 0 amide bonds. The standard InChI is InChI=1S/C20H26N2O2/c23-20(17-7-2-1-3-8-17)10-13-21(15-18-9-6-14-24-18)16-19(20)22-11-4-5-12-22/h1-3,6-9,14,19,23H,4-5,10-13,15-16H2/t19-,20+/m1/s1. The summed E-state index contributed by atoms with van der Waals surface area (Å²) in [6.07, 6.45) is 4.97. The van der Waals surface area contributed by atoms with Crippen LogP contribution in [0, 0.1) is 0 Å². The van der Waals surface area contributed by atoms with E-state index in [1.54, 1.807) is 6.26 Å². The van der Waals surface area contributed by atoms with Crippen molar-refractivity contribution in [1.82, 2.24) is 9.80 Å². The Hall–Kier alpha value is -1.62. The van der Waals surface area contributed by atoms with E-state index in [1.165, 1.54) is 12.8 Å². The molecule has 1 aromatic carbocycles. The Balaban J connectivity index is 1.58. The SMILES string of the molecule is O[C@]1(c2ccccc2)CCN(Cc2ccco2)C[C@H]1N1CCCC1. The molecule has 0 aliphatic carbocycles. The van der Waals surface area contributed by atoms with E-state index >= 15 is 0 Å². The van der Waals surface area contributed by atoms with Crippen LogP contribution in [0.1, 0.15) is 30.6 Å². The van der Waals surface area contributed by atoms with Crippen molar-refractivity contribution in [3.8, 4) is 0 Å². The van der Waals surface area contributed by atoms with Crippen LogP contribution >= 0.6 is 0 Å². The highest BCUT2D eigenvalue weighted by atomic mass is 16.3. The van der Waals surface area contributed by atoms with Crippen molar-refractivity contribution in [1.29, 1.82) is 0 Å². The van der Waals surface area contributed by atoms with Crippen LogP contribution in [0.5, 0.6) is 0 Å². The number of hydrogen-bond donors (Lipinski definition) is 1. The molecule has 2 atom stereocenters. The van der Waals surface area contributed by atoms with Gasteiger partial charge in [0.2, 0.25) is 0 Å². The third kappa shape index (κ3) is 3.02. The van der Waals surface area contributed by atoms with E-state index < -0.39 is 5.60 Å². The second-order valence-electron chi connectivity index (χ2n) is 7.11. The highest BCUT2D eigenvalue weighted by Crippen LogP contribution is 2.37. The van der Waals surface area contributed by atoms with Gasteiger partial charge in [0.05, 0.1) is 18.8 Å². The van der Waals surface area contributed by atoms with Crippen LogP contribution in [0.4, 0.5) is 0 Å². The van der Waals surface area contributed by atoms with Gasteiger partial charge in [0.1, 0.15) is 11.4 Å². The molecule has 24 heavy (non-hydrogen) atoms. The van der Waals surface area contributed by atoms with Gasteiger partial charge in [0.25, 0.3) is 0 Å². The minimum Gasteiger partial charge on any atom is -0.468 e. The summed E-state index contributed by atoms with van der Waals surface area (Å²) in [5.74, 6) is 1.00. The lowest BCUT2D eigenvalue weighted by molar-refractivity contribution is -0.0966. The molecule has 0 radical (unpaired) electrons. The monoisotopic (exact) mass is 326 g/mol. The number of furan rings is 1. The van der Waals surface area contributed by atoms with Crippen molar-refractivity contribution in [2.75, 3.05) is 26.2 Å². The summed E-state index contributed by atoms with van der Waals surface area (Å²) in [5.41, 5.74) is 0.296. The lowest BCUT2D eigenvalue weighted by Gasteiger charge is -2.48. The van der Waals surface area contributed by atoms with Gasteiger partial charge in [-0.15, -0.1) is 0 Å². The maximum Gasteiger partial charge on any atom is 0.117 e. The molecule has 2 aliphatic rings. The first-order chi connectivity index (χ1) is 11.8. The zero-order valence-electron chi connectivity index (χ0n) is 14.1. The van der Waals surface area contributed by atoms with E-state index in [4.69, 9.17) is 4.42 Å². The third-order valence-electron chi connectivity index (χ3n) is 5.61. The molecule has 0 saturated carbocycles. The van der Waals surface area contributed by atoms with Gasteiger partial charge in [-0.3, -0.25) is 9.80 Å². The van der Waals surface area contributed by atoms with E-state index in [2.05, 4.69) is 21.9 Å². The van der Waals surface area contributed by atoms with Crippen LogP contribution in [0.15, 0.2) is 53.1 Å². The molecule has 2 saturated heterocycles. The summed E-state index contributed by atoms with van der Waals surface area (Å²) in [4.78, 5) is 4.90. The van der Waals surface area contributed by atoms with Crippen molar-refractivity contribution in [3.63, 3.8) is 0 Å². The van der Waals surface area contributed by atoms with E-state index in [-0.39, 0.29) is 6.04 Å². The topological polar surface area (TPSA) is 39.9 Å². The lowest BCUT2D eigenvalue weighted by Crippen LogP contribution is -2.60. The summed E-state index contributed by atoms with van der Waals surface area (Å²) in [5, 5.41) is 11.6. The van der Waals surface area contributed by atoms with E-state index in [1.807, 2.05) is 30.3 Å². The molecule has 2 aliphatic heterocycles. The van der Waals surface area contributed by atoms with Crippen molar-refractivity contribution >= 4 is 0 Å². The van der Waals surface area contributed by atoms with Crippen molar-refractivity contribution in [2.45, 2.75) is 37.5 Å². The molecule has 0 bridgehead atoms. The Labute approximate surface area is 143 Å². The smallest absolute Gasteiger partial charge is 0.117 e. The minimum absolute atomic E-state index is 0.145. The molecule has 4 rings (SSSR count). The predicted octanol–water partition coefficient (Wildman–Crippen LogP) is 2.84. The molecule has 0 unspecified atom stereocenters. The Morgan fingerprint density at radius 1 is 1.04 bits per heavy atom. The van der Waals surface area contributed by atoms with Crippen molar-refractivity contribution in [2.24, 2.45) is 0 Å². The second kappa shape index (κ2) is 6.71. The van der Waals surface area contributed by atoms with Gasteiger partial charge in [0, 0.05) is 13.1 Å². The van der Waals surface area contributed by atoms with Gasteiger partial charge in [0.15, 0.2) is 0 Å². The fraction of sp³-hybridized carbons (Fsp3) is 0.500. The minimum atomic E-state index is -0.759. The normalized spacial score (nSPS) is 29.1. The number of likely N-dealkylation sites (tertiary alicyclic amines) is 2. The largest absolute Gasteiger partial charge is 0.468 e. The first-order valence-corrected chi connectivity index (χ1v) is 9.02. The number of rotatable bonds is 4. The van der Waals surface area contributed by atoms with Crippen LogP contribution in [0.3, 0.4) is 0 Å². The van der Waals surface area contributed by atoms with Crippen LogP contribution in [0.25, 0.3) is 0 Å². The van der Waals surface area contributed by atoms with E-state index in [0.29, 0.717) is 0 Å². The molecule has 0 spiro atoms. The molecule has 1 N–H and O–H groups in total. The zero-order chi connectivity index (χ0) is 16.4. The predicted molar refractivity (Wildman–Crippen MR) is 93.5 cm³/mol. The molecule has 128 valence electrons. The van der Waals surface area contributed by atoms with Gasteiger partial charge in [-0.05, 0) is 50.0 Å². The van der Waals surface area contributed by atoms with Crippen LogP contribution in [0.2, 0.25) is 0 Å². The molecular formula is C20H26N2O2. The zero-order valence-corrected chi connectivity index (χ0v) is 14.1. The van der Waals surface area contributed by atoms with E-state index in [0.717, 1.165) is 50.5 Å². The van der Waals surface area contributed by atoms with Crippen LogP contribution in [-0.4, -0.2) is 47.1 Å². The van der Waals surface area contributed by atoms with E-state index in [9.17, 15) is 5.11 Å². The molecule has 2 fully saturated rings. The molecule has 2 aromatic rings. The number of nitrogens with zero attached hydrogens (tertiary/aromatic N) is 2. The van der Waals surface area contributed by atoms with Gasteiger partial charge in [-0.1, -0.05) is 30.3 Å². The lowest BCUT2D eigenvalue weighted by atomic mass is 9.79. The molecule has 4 heteroatoms.